The molecule has 6 N–H and O–H groups in total. The minimum Gasteiger partial charge on any atom is -0.481 e. The molecule has 0 radical (unpaired) electrons. The second-order valence-corrected chi connectivity index (χ2v) is 12.3. The van der Waals surface area contributed by atoms with Gasteiger partial charge in [0.15, 0.2) is 11.0 Å². The van der Waals surface area contributed by atoms with Crippen molar-refractivity contribution in [1.82, 2.24) is 20.1 Å². The highest BCUT2D eigenvalue weighted by Crippen LogP contribution is 2.30. The molecule has 2 saturated heterocycles. The van der Waals surface area contributed by atoms with Crippen LogP contribution in [0.25, 0.3) is 0 Å². The van der Waals surface area contributed by atoms with Crippen LogP contribution in [0.1, 0.15) is 41.0 Å². The topological polar surface area (TPSA) is 201 Å². The van der Waals surface area contributed by atoms with Crippen molar-refractivity contribution in [3.05, 3.63) is 52.5 Å². The average molecular weight is 630 g/mol. The Morgan fingerprint density at radius 2 is 1.93 bits per heavy atom. The number of carbonyl (C=O) groups excluding carboxylic acids is 4. The molecule has 0 bridgehead atoms. The third kappa shape index (κ3) is 8.32. The Morgan fingerprint density at radius 3 is 2.60 bits per heavy atom. The second-order valence-electron chi connectivity index (χ2n) is 10.3. The molecule has 1 aromatic heterocycles. The Hall–Kier alpha value is -3.98. The zero-order chi connectivity index (χ0) is 30.9. The van der Waals surface area contributed by atoms with Gasteiger partial charge >= 0.3 is 5.97 Å². The Morgan fingerprint density at radius 1 is 1.16 bits per heavy atom. The van der Waals surface area contributed by atoms with Crippen molar-refractivity contribution in [1.29, 1.82) is 0 Å². The standard InChI is InChI=1S/C28H35N7O6S2/c29-28(30)32-10-4-7-19(24(39)26-31-11-12-43-26)33-25(40)21-16-42-15-18-14-34(20(13-23(37)38)27(41)35(18)21)22(36)9-8-17-5-2-1-3-6-17/h1-3,5-6,11-12,18-21H,4,7-10,13-16H2,(H,33,40)(H,37,38)(H4,29,30,32). The fraction of sp³-hybridized carbons (Fsp3) is 0.464. The van der Waals surface area contributed by atoms with Crippen LogP contribution in [0.4, 0.5) is 0 Å². The van der Waals surface area contributed by atoms with Crippen LogP contribution in [-0.2, 0) is 25.6 Å². The maximum atomic E-state index is 13.8. The molecule has 3 heterocycles. The largest absolute Gasteiger partial charge is 0.481 e. The Bertz CT molecular complexity index is 1340. The molecular formula is C28H35N7O6S2. The fourth-order valence-corrected chi connectivity index (χ4v) is 7.12. The van der Waals surface area contributed by atoms with Crippen molar-refractivity contribution in [2.45, 2.75) is 56.3 Å². The highest BCUT2D eigenvalue weighted by Gasteiger charge is 2.49. The van der Waals surface area contributed by atoms with Crippen molar-refractivity contribution >= 4 is 58.5 Å². The number of fused-ring (bicyclic) bond motifs is 1. The van der Waals surface area contributed by atoms with Gasteiger partial charge in [0, 0.05) is 42.6 Å². The lowest BCUT2D eigenvalue weighted by atomic mass is 9.98. The fourth-order valence-electron chi connectivity index (χ4n) is 5.28. The summed E-state index contributed by atoms with van der Waals surface area (Å²) in [5, 5.41) is 14.3. The van der Waals surface area contributed by atoms with Crippen LogP contribution in [0, 0.1) is 0 Å². The number of nitrogens with two attached hydrogens (primary N) is 2. The highest BCUT2D eigenvalue weighted by atomic mass is 32.2. The van der Waals surface area contributed by atoms with E-state index in [9.17, 15) is 29.1 Å². The molecule has 0 spiro atoms. The Balaban J connectivity index is 1.50. The molecule has 43 heavy (non-hydrogen) atoms. The van der Waals surface area contributed by atoms with E-state index in [4.69, 9.17) is 11.5 Å². The number of ketones is 1. The van der Waals surface area contributed by atoms with Gasteiger partial charge in [-0.1, -0.05) is 30.3 Å². The monoisotopic (exact) mass is 629 g/mol. The number of guanidine groups is 1. The molecule has 1 aromatic carbocycles. The number of carbonyl (C=O) groups is 5. The van der Waals surface area contributed by atoms with E-state index in [1.807, 2.05) is 30.3 Å². The van der Waals surface area contributed by atoms with Gasteiger partial charge in [-0.25, -0.2) is 4.98 Å². The van der Waals surface area contributed by atoms with Gasteiger partial charge in [-0.05, 0) is 24.8 Å². The Labute approximate surface area is 257 Å². The van der Waals surface area contributed by atoms with E-state index in [0.29, 0.717) is 18.6 Å². The zero-order valence-electron chi connectivity index (χ0n) is 23.5. The number of carboxylic acid groups (broad SMARTS) is 1. The summed E-state index contributed by atoms with van der Waals surface area (Å²) in [5.74, 6) is -2.33. The number of benzene rings is 1. The van der Waals surface area contributed by atoms with Crippen molar-refractivity contribution in [3.63, 3.8) is 0 Å². The minimum atomic E-state index is -1.23. The number of hydrogen-bond donors (Lipinski definition) is 4. The average Bonchev–Trinajstić information content (AvgIpc) is 3.53. The van der Waals surface area contributed by atoms with Gasteiger partial charge in [0.05, 0.1) is 18.5 Å². The highest BCUT2D eigenvalue weighted by molar-refractivity contribution is 7.99. The predicted molar refractivity (Wildman–Crippen MR) is 163 cm³/mol. The molecular weight excluding hydrogens is 594 g/mol. The van der Waals surface area contributed by atoms with Gasteiger partial charge in [0.2, 0.25) is 23.5 Å². The molecule has 0 saturated carbocycles. The Kier molecular flexibility index (Phi) is 11.1. The summed E-state index contributed by atoms with van der Waals surface area (Å²) < 4.78 is 0. The van der Waals surface area contributed by atoms with Gasteiger partial charge in [-0.2, -0.15) is 11.8 Å². The summed E-state index contributed by atoms with van der Waals surface area (Å²) >= 11 is 2.62. The number of amides is 3. The normalized spacial score (nSPS) is 20.6. The number of rotatable bonds is 13. The third-order valence-corrected chi connectivity index (χ3v) is 9.28. The van der Waals surface area contributed by atoms with Crippen LogP contribution in [0.3, 0.4) is 0 Å². The SMILES string of the molecule is NC(N)=NCCCC(NC(=O)C1CSCC2CN(C(=O)CCc3ccccc3)C(CC(=O)O)C(=O)N21)C(=O)c1nccs1. The van der Waals surface area contributed by atoms with Crippen molar-refractivity contribution in [2.24, 2.45) is 16.5 Å². The number of hydrogen-bond acceptors (Lipinski definition) is 9. The second kappa shape index (κ2) is 15.0. The van der Waals surface area contributed by atoms with Crippen molar-refractivity contribution in [2.75, 3.05) is 24.6 Å². The number of piperazine rings is 1. The van der Waals surface area contributed by atoms with Crippen LogP contribution < -0.4 is 16.8 Å². The smallest absolute Gasteiger partial charge is 0.305 e. The van der Waals surface area contributed by atoms with E-state index in [0.717, 1.165) is 16.9 Å². The van der Waals surface area contributed by atoms with Crippen LogP contribution >= 0.6 is 23.1 Å². The van der Waals surface area contributed by atoms with E-state index < -0.39 is 48.4 Å². The first-order valence-electron chi connectivity index (χ1n) is 13.9. The van der Waals surface area contributed by atoms with Gasteiger partial charge in [-0.15, -0.1) is 11.3 Å². The molecule has 2 aliphatic heterocycles. The lowest BCUT2D eigenvalue weighted by molar-refractivity contribution is -0.162. The van der Waals surface area contributed by atoms with Crippen molar-refractivity contribution in [3.8, 4) is 0 Å². The van der Waals surface area contributed by atoms with Gasteiger partial charge in [0.1, 0.15) is 12.1 Å². The molecule has 2 aliphatic rings. The number of nitrogens with zero attached hydrogens (tertiary/aromatic N) is 4. The summed E-state index contributed by atoms with van der Waals surface area (Å²) in [5.41, 5.74) is 11.7. The van der Waals surface area contributed by atoms with Crippen molar-refractivity contribution < 1.29 is 29.1 Å². The molecule has 4 rings (SSSR count). The minimum absolute atomic E-state index is 0.0794. The number of thioether (sulfide) groups is 1. The zero-order valence-corrected chi connectivity index (χ0v) is 25.1. The van der Waals surface area contributed by atoms with E-state index in [1.54, 1.807) is 5.38 Å². The number of aliphatic carboxylic acids is 1. The maximum absolute atomic E-state index is 13.8. The molecule has 4 atom stereocenters. The van der Waals surface area contributed by atoms with Gasteiger partial charge < -0.3 is 31.7 Å². The van der Waals surface area contributed by atoms with Gasteiger partial charge in [-0.3, -0.25) is 29.0 Å². The summed E-state index contributed by atoms with van der Waals surface area (Å²) in [6, 6.07) is 5.84. The van der Waals surface area contributed by atoms with Crippen LogP contribution in [-0.4, -0.2) is 104 Å². The molecule has 13 nitrogen and oxygen atoms in total. The number of nitrogens with one attached hydrogen (secondary N) is 1. The van der Waals surface area contributed by atoms with E-state index in [-0.39, 0.29) is 54.3 Å². The van der Waals surface area contributed by atoms with E-state index in [1.165, 1.54) is 27.8 Å². The third-order valence-electron chi connectivity index (χ3n) is 7.32. The van der Waals surface area contributed by atoms with E-state index in [2.05, 4.69) is 15.3 Å². The quantitative estimate of drug-likeness (QED) is 0.105. The molecule has 230 valence electrons. The first-order valence-corrected chi connectivity index (χ1v) is 15.9. The van der Waals surface area contributed by atoms with E-state index >= 15 is 0 Å². The van der Waals surface area contributed by atoms with Crippen LogP contribution in [0.5, 0.6) is 0 Å². The summed E-state index contributed by atoms with van der Waals surface area (Å²) in [4.78, 5) is 76.6. The molecule has 0 aliphatic carbocycles. The maximum Gasteiger partial charge on any atom is 0.305 e. The van der Waals surface area contributed by atoms with Gasteiger partial charge in [0.25, 0.3) is 0 Å². The molecule has 2 fully saturated rings. The summed E-state index contributed by atoms with van der Waals surface area (Å²) in [7, 11) is 0. The first-order chi connectivity index (χ1) is 20.7. The number of Topliss-reactive ketones (excluding diaryl/α,β-unsaturated/α-hetero) is 1. The molecule has 4 unspecified atom stereocenters. The number of carboxylic acids is 1. The van der Waals surface area contributed by atoms with Crippen LogP contribution in [0.15, 0.2) is 46.9 Å². The lowest BCUT2D eigenvalue weighted by Gasteiger charge is -2.50. The number of aromatic nitrogens is 1. The number of thiazole rings is 1. The summed E-state index contributed by atoms with van der Waals surface area (Å²) in [6.07, 6.45) is 2.15. The predicted octanol–water partition coefficient (Wildman–Crippen LogP) is 0.495. The first kappa shape index (κ1) is 31.9. The number of aryl methyl sites for hydroxylation is 1. The molecule has 2 aromatic rings. The number of aliphatic imine (C=N–C) groups is 1. The molecule has 3 amide bonds. The molecule has 15 heteroatoms. The van der Waals surface area contributed by atoms with Crippen LogP contribution in [0.2, 0.25) is 0 Å². The summed E-state index contributed by atoms with van der Waals surface area (Å²) in [6.45, 7) is 0.380. The lowest BCUT2D eigenvalue weighted by Crippen LogP contribution is -2.70.